The maximum absolute atomic E-state index is 5.35. The van der Waals surface area contributed by atoms with Crippen molar-refractivity contribution in [2.75, 3.05) is 44.2 Å². The van der Waals surface area contributed by atoms with Crippen molar-refractivity contribution in [1.82, 2.24) is 15.5 Å². The molecule has 0 aromatic carbocycles. The van der Waals surface area contributed by atoms with E-state index in [0.717, 1.165) is 19.0 Å². The van der Waals surface area contributed by atoms with Crippen LogP contribution < -0.4 is 10.6 Å². The summed E-state index contributed by atoms with van der Waals surface area (Å²) in [6, 6.07) is 0. The summed E-state index contributed by atoms with van der Waals surface area (Å²) in [4.78, 5) is 7.59. The summed E-state index contributed by atoms with van der Waals surface area (Å²) in [6.07, 6.45) is 12.0. The number of rotatable bonds is 5. The zero-order chi connectivity index (χ0) is 15.7. The highest BCUT2D eigenvalue weighted by Crippen LogP contribution is 2.35. The first-order valence-corrected chi connectivity index (χ1v) is 9.75. The molecule has 2 fully saturated rings. The van der Waals surface area contributed by atoms with Crippen molar-refractivity contribution in [2.24, 2.45) is 4.99 Å². The monoisotopic (exact) mass is 322 g/mol. The van der Waals surface area contributed by atoms with E-state index >= 15 is 0 Å². The fourth-order valence-corrected chi connectivity index (χ4v) is 4.43. The first-order valence-electron chi connectivity index (χ1n) is 8.59. The van der Waals surface area contributed by atoms with E-state index in [1.54, 1.807) is 0 Å². The summed E-state index contributed by atoms with van der Waals surface area (Å²) in [6.45, 7) is 6.80. The van der Waals surface area contributed by atoms with E-state index in [9.17, 15) is 0 Å². The molecule has 0 atom stereocenters. The third-order valence-electron chi connectivity index (χ3n) is 4.70. The molecule has 5 heteroatoms. The fourth-order valence-electron chi connectivity index (χ4n) is 3.52. The molecule has 0 amide bonds. The Labute approximate surface area is 139 Å². The van der Waals surface area contributed by atoms with E-state index in [1.165, 1.54) is 56.7 Å². The van der Waals surface area contributed by atoms with E-state index < -0.39 is 0 Å². The summed E-state index contributed by atoms with van der Waals surface area (Å²) in [5.41, 5.74) is 0.276. The first kappa shape index (κ1) is 17.5. The lowest BCUT2D eigenvalue weighted by Gasteiger charge is -2.47. The zero-order valence-corrected chi connectivity index (χ0v) is 14.7. The standard InChI is InChI=1S/C17H30N4S/c1-3-10-19-16(18-4-2)20-15-17(8-6-5-7-9-17)21-11-13-22-14-12-21/h1H,4-15H2,2H3,(H2,18,19,20). The van der Waals surface area contributed by atoms with Gasteiger partial charge in [-0.15, -0.1) is 6.42 Å². The molecule has 1 aliphatic carbocycles. The normalized spacial score (nSPS) is 22.8. The fraction of sp³-hybridized carbons (Fsp3) is 0.824. The lowest BCUT2D eigenvalue weighted by Crippen LogP contribution is -2.55. The summed E-state index contributed by atoms with van der Waals surface area (Å²) in [5, 5.41) is 6.51. The lowest BCUT2D eigenvalue weighted by atomic mass is 9.80. The molecule has 1 saturated heterocycles. The lowest BCUT2D eigenvalue weighted by molar-refractivity contribution is 0.0672. The van der Waals surface area contributed by atoms with Crippen LogP contribution >= 0.6 is 11.8 Å². The van der Waals surface area contributed by atoms with E-state index in [2.05, 4.69) is 40.1 Å². The van der Waals surface area contributed by atoms with Crippen molar-refractivity contribution in [3.63, 3.8) is 0 Å². The molecule has 2 aliphatic rings. The number of thioether (sulfide) groups is 1. The SMILES string of the molecule is C#CCNC(=NCC1(N2CCSCC2)CCCCC1)NCC. The maximum atomic E-state index is 5.35. The summed E-state index contributed by atoms with van der Waals surface area (Å²) in [7, 11) is 0. The smallest absolute Gasteiger partial charge is 0.192 e. The van der Waals surface area contributed by atoms with Crippen LogP contribution in [0.4, 0.5) is 0 Å². The van der Waals surface area contributed by atoms with Crippen LogP contribution in [0, 0.1) is 12.3 Å². The van der Waals surface area contributed by atoms with Gasteiger partial charge >= 0.3 is 0 Å². The minimum atomic E-state index is 0.276. The number of nitrogens with one attached hydrogen (secondary N) is 2. The zero-order valence-electron chi connectivity index (χ0n) is 13.9. The van der Waals surface area contributed by atoms with Crippen molar-refractivity contribution in [2.45, 2.75) is 44.6 Å². The maximum Gasteiger partial charge on any atom is 0.192 e. The van der Waals surface area contributed by atoms with Gasteiger partial charge in [-0.2, -0.15) is 11.8 Å². The van der Waals surface area contributed by atoms with Gasteiger partial charge in [0.15, 0.2) is 5.96 Å². The highest BCUT2D eigenvalue weighted by molar-refractivity contribution is 7.99. The highest BCUT2D eigenvalue weighted by atomic mass is 32.2. The third-order valence-corrected chi connectivity index (χ3v) is 5.64. The third kappa shape index (κ3) is 4.82. The molecule has 2 N–H and O–H groups in total. The Kier molecular flexibility index (Phi) is 7.41. The molecule has 4 nitrogen and oxygen atoms in total. The van der Waals surface area contributed by atoms with Crippen molar-refractivity contribution in [3.8, 4) is 12.3 Å². The molecule has 1 heterocycles. The Balaban J connectivity index is 2.05. The van der Waals surface area contributed by atoms with Crippen molar-refractivity contribution < 1.29 is 0 Å². The Morgan fingerprint density at radius 1 is 1.23 bits per heavy atom. The molecule has 0 aromatic rings. The van der Waals surface area contributed by atoms with Gasteiger partial charge < -0.3 is 10.6 Å². The predicted molar refractivity (Wildman–Crippen MR) is 97.5 cm³/mol. The van der Waals surface area contributed by atoms with Crippen LogP contribution in [0.5, 0.6) is 0 Å². The Hall–Kier alpha value is -0.860. The average Bonchev–Trinajstić information content (AvgIpc) is 2.59. The Morgan fingerprint density at radius 3 is 2.59 bits per heavy atom. The van der Waals surface area contributed by atoms with Crippen LogP contribution in [0.15, 0.2) is 4.99 Å². The van der Waals surface area contributed by atoms with E-state index in [0.29, 0.717) is 6.54 Å². The summed E-state index contributed by atoms with van der Waals surface area (Å²) in [5.74, 6) is 6.01. The van der Waals surface area contributed by atoms with Crippen LogP contribution in [-0.4, -0.2) is 60.6 Å². The van der Waals surface area contributed by atoms with Gasteiger partial charge in [-0.3, -0.25) is 9.89 Å². The van der Waals surface area contributed by atoms with Crippen LogP contribution in [0.3, 0.4) is 0 Å². The van der Waals surface area contributed by atoms with Crippen molar-refractivity contribution in [1.29, 1.82) is 0 Å². The molecule has 1 saturated carbocycles. The second kappa shape index (κ2) is 9.32. The van der Waals surface area contributed by atoms with Gasteiger partial charge in [0.25, 0.3) is 0 Å². The van der Waals surface area contributed by atoms with Gasteiger partial charge in [0.05, 0.1) is 13.1 Å². The van der Waals surface area contributed by atoms with Crippen molar-refractivity contribution in [3.05, 3.63) is 0 Å². The molecule has 1 aliphatic heterocycles. The summed E-state index contributed by atoms with van der Waals surface area (Å²) < 4.78 is 0. The first-order chi connectivity index (χ1) is 10.8. The topological polar surface area (TPSA) is 39.7 Å². The van der Waals surface area contributed by atoms with Crippen LogP contribution in [-0.2, 0) is 0 Å². The number of aliphatic imine (C=N–C) groups is 1. The summed E-state index contributed by atoms with van der Waals surface area (Å²) >= 11 is 2.08. The number of nitrogens with zero attached hydrogens (tertiary/aromatic N) is 2. The van der Waals surface area contributed by atoms with Gasteiger partial charge in [-0.25, -0.2) is 0 Å². The Morgan fingerprint density at radius 2 is 1.95 bits per heavy atom. The van der Waals surface area contributed by atoms with E-state index in [4.69, 9.17) is 11.4 Å². The average molecular weight is 323 g/mol. The van der Waals surface area contributed by atoms with Crippen LogP contribution in [0.1, 0.15) is 39.0 Å². The van der Waals surface area contributed by atoms with Gasteiger partial charge in [-0.1, -0.05) is 25.2 Å². The van der Waals surface area contributed by atoms with Crippen LogP contribution in [0.25, 0.3) is 0 Å². The minimum absolute atomic E-state index is 0.276. The second-order valence-corrected chi connectivity index (χ2v) is 7.36. The quantitative estimate of drug-likeness (QED) is 0.461. The second-order valence-electron chi connectivity index (χ2n) is 6.14. The van der Waals surface area contributed by atoms with Gasteiger partial charge in [-0.05, 0) is 19.8 Å². The molecular weight excluding hydrogens is 292 g/mol. The van der Waals surface area contributed by atoms with E-state index in [1.807, 2.05) is 0 Å². The highest BCUT2D eigenvalue weighted by Gasteiger charge is 2.38. The van der Waals surface area contributed by atoms with Crippen LogP contribution in [0.2, 0.25) is 0 Å². The molecule has 2 rings (SSSR count). The predicted octanol–water partition coefficient (Wildman–Crippen LogP) is 1.93. The molecular formula is C17H30N4S. The number of guanidine groups is 1. The van der Waals surface area contributed by atoms with Crippen molar-refractivity contribution >= 4 is 17.7 Å². The molecule has 124 valence electrons. The molecule has 0 aromatic heterocycles. The van der Waals surface area contributed by atoms with Gasteiger partial charge in [0, 0.05) is 36.7 Å². The molecule has 22 heavy (non-hydrogen) atoms. The minimum Gasteiger partial charge on any atom is -0.357 e. The number of hydrogen-bond acceptors (Lipinski definition) is 3. The molecule has 0 unspecified atom stereocenters. The van der Waals surface area contributed by atoms with E-state index in [-0.39, 0.29) is 5.54 Å². The number of terminal acetylenes is 1. The molecule has 0 radical (unpaired) electrons. The number of hydrogen-bond donors (Lipinski definition) is 2. The van der Waals surface area contributed by atoms with Gasteiger partial charge in [0.2, 0.25) is 0 Å². The Bertz CT molecular complexity index is 390. The molecule has 0 bridgehead atoms. The molecule has 0 spiro atoms. The largest absolute Gasteiger partial charge is 0.357 e. The van der Waals surface area contributed by atoms with Gasteiger partial charge in [0.1, 0.15) is 0 Å².